The van der Waals surface area contributed by atoms with E-state index < -0.39 is 0 Å². The molecule has 0 unspecified atom stereocenters. The lowest BCUT2D eigenvalue weighted by molar-refractivity contribution is 0.0758. The van der Waals surface area contributed by atoms with Gasteiger partial charge in [0.15, 0.2) is 0 Å². The molecule has 2 aromatic rings. The molecule has 6 heteroatoms. The lowest BCUT2D eigenvalue weighted by atomic mass is 10.0. The average Bonchev–Trinajstić information content (AvgIpc) is 2.96. The molecule has 0 amide bonds. The molecule has 24 heavy (non-hydrogen) atoms. The van der Waals surface area contributed by atoms with Crippen LogP contribution < -0.4 is 0 Å². The van der Waals surface area contributed by atoms with Crippen molar-refractivity contribution in [3.05, 3.63) is 47.1 Å². The number of rotatable bonds is 3. The first-order valence-corrected chi connectivity index (χ1v) is 9.64. The fourth-order valence-corrected chi connectivity index (χ4v) is 4.92. The fourth-order valence-electron chi connectivity index (χ4n) is 3.66. The minimum atomic E-state index is 0.241. The molecule has 3 heterocycles. The quantitative estimate of drug-likeness (QED) is 0.908. The molecule has 4 rings (SSSR count). The molecule has 0 saturated carbocycles. The number of β-amino-alcohol motifs (C(OH)–C–C–N with tert-alkyl or cyclic N) is 1. The molecule has 2 aliphatic rings. The Kier molecular flexibility index (Phi) is 4.88. The van der Waals surface area contributed by atoms with Gasteiger partial charge in [0.2, 0.25) is 0 Å². The van der Waals surface area contributed by atoms with E-state index in [0.29, 0.717) is 6.04 Å². The molecule has 1 fully saturated rings. The van der Waals surface area contributed by atoms with Crippen LogP contribution in [0.1, 0.15) is 11.6 Å². The Hall–Kier alpha value is -0.980. The van der Waals surface area contributed by atoms with Crippen molar-refractivity contribution in [2.24, 2.45) is 0 Å². The van der Waals surface area contributed by atoms with Gasteiger partial charge in [0.25, 0.3) is 0 Å². The molecule has 1 atom stereocenters. The number of piperazine rings is 1. The number of aromatic nitrogens is 1. The Morgan fingerprint density at radius 3 is 2.79 bits per heavy atom. The van der Waals surface area contributed by atoms with Gasteiger partial charge in [-0.05, 0) is 35.9 Å². The third-order valence-electron chi connectivity index (χ3n) is 4.97. The summed E-state index contributed by atoms with van der Waals surface area (Å²) in [7, 11) is 0. The highest BCUT2D eigenvalue weighted by molar-refractivity contribution is 7.99. The molecule has 1 N–H and O–H groups in total. The van der Waals surface area contributed by atoms with Crippen molar-refractivity contribution < 1.29 is 5.11 Å². The molecule has 1 aromatic heterocycles. The molecule has 1 aromatic carbocycles. The highest BCUT2D eigenvalue weighted by atomic mass is 35.5. The van der Waals surface area contributed by atoms with Crippen LogP contribution in [-0.4, -0.2) is 58.8 Å². The molecule has 128 valence electrons. The normalized spacial score (nSPS) is 22.0. The van der Waals surface area contributed by atoms with Gasteiger partial charge in [0, 0.05) is 55.4 Å². The first-order valence-electron chi connectivity index (χ1n) is 8.44. The number of benzene rings is 1. The van der Waals surface area contributed by atoms with Gasteiger partial charge in [-0.2, -0.15) is 0 Å². The summed E-state index contributed by atoms with van der Waals surface area (Å²) in [4.78, 5) is 6.21. The van der Waals surface area contributed by atoms with Crippen LogP contribution in [0, 0.1) is 0 Å². The molecule has 0 spiro atoms. The monoisotopic (exact) mass is 363 g/mol. The largest absolute Gasteiger partial charge is 0.395 e. The molecule has 2 aliphatic heterocycles. The zero-order valence-electron chi connectivity index (χ0n) is 13.6. The number of fused-ring (bicyclic) bond motifs is 2. The van der Waals surface area contributed by atoms with E-state index in [4.69, 9.17) is 16.7 Å². The standard InChI is InChI=1S/C18H22ClN3OS/c19-14-3-4-17-15(12-14)16(13-22-5-1-2-18(22)24-17)21-8-6-20(7-9-21)10-11-23/h1-5,12,16,23H,6-11,13H2/t16-/m1/s1. The average molecular weight is 364 g/mol. The molecule has 0 bridgehead atoms. The zero-order chi connectivity index (χ0) is 16.5. The van der Waals surface area contributed by atoms with Gasteiger partial charge >= 0.3 is 0 Å². The van der Waals surface area contributed by atoms with E-state index in [1.54, 1.807) is 0 Å². The van der Waals surface area contributed by atoms with E-state index in [2.05, 4.69) is 44.8 Å². The Bertz CT molecular complexity index is 712. The molecule has 0 radical (unpaired) electrons. The summed E-state index contributed by atoms with van der Waals surface area (Å²) in [6.45, 7) is 6.06. The lowest BCUT2D eigenvalue weighted by Gasteiger charge is -2.39. The van der Waals surface area contributed by atoms with Crippen LogP contribution in [0.5, 0.6) is 0 Å². The van der Waals surface area contributed by atoms with E-state index in [1.807, 2.05) is 17.8 Å². The van der Waals surface area contributed by atoms with Gasteiger partial charge in [0.1, 0.15) is 0 Å². The second-order valence-electron chi connectivity index (χ2n) is 6.40. The second kappa shape index (κ2) is 7.10. The van der Waals surface area contributed by atoms with Gasteiger partial charge in [-0.25, -0.2) is 0 Å². The number of hydrogen-bond donors (Lipinski definition) is 1. The van der Waals surface area contributed by atoms with Crippen LogP contribution in [0.4, 0.5) is 0 Å². The minimum Gasteiger partial charge on any atom is -0.395 e. The third-order valence-corrected chi connectivity index (χ3v) is 6.37. The first kappa shape index (κ1) is 16.5. The van der Waals surface area contributed by atoms with Crippen molar-refractivity contribution in [3.8, 4) is 0 Å². The maximum absolute atomic E-state index is 9.14. The third kappa shape index (κ3) is 3.24. The van der Waals surface area contributed by atoms with Gasteiger partial charge in [0.05, 0.1) is 17.7 Å². The summed E-state index contributed by atoms with van der Waals surface area (Å²) >= 11 is 8.14. The van der Waals surface area contributed by atoms with Crippen LogP contribution in [-0.2, 0) is 6.54 Å². The lowest BCUT2D eigenvalue weighted by Crippen LogP contribution is -2.48. The van der Waals surface area contributed by atoms with E-state index in [0.717, 1.165) is 44.3 Å². The van der Waals surface area contributed by atoms with Crippen molar-refractivity contribution in [2.75, 3.05) is 39.3 Å². The van der Waals surface area contributed by atoms with Crippen molar-refractivity contribution in [1.29, 1.82) is 0 Å². The summed E-state index contributed by atoms with van der Waals surface area (Å²) in [6.07, 6.45) is 2.17. The van der Waals surface area contributed by atoms with Crippen molar-refractivity contribution in [1.82, 2.24) is 14.4 Å². The number of nitrogens with zero attached hydrogens (tertiary/aromatic N) is 3. The molecule has 0 aliphatic carbocycles. The molecule has 1 saturated heterocycles. The Morgan fingerprint density at radius 1 is 1.17 bits per heavy atom. The van der Waals surface area contributed by atoms with Crippen molar-refractivity contribution in [2.45, 2.75) is 22.5 Å². The Morgan fingerprint density at radius 2 is 2.00 bits per heavy atom. The first-order chi connectivity index (χ1) is 11.7. The summed E-state index contributed by atoms with van der Waals surface area (Å²) in [5.41, 5.74) is 1.34. The summed E-state index contributed by atoms with van der Waals surface area (Å²) in [6, 6.07) is 10.9. The highest BCUT2D eigenvalue weighted by Crippen LogP contribution is 2.41. The maximum atomic E-state index is 9.14. The van der Waals surface area contributed by atoms with Gasteiger partial charge < -0.3 is 9.67 Å². The van der Waals surface area contributed by atoms with E-state index >= 15 is 0 Å². The van der Waals surface area contributed by atoms with Crippen LogP contribution in [0.25, 0.3) is 0 Å². The van der Waals surface area contributed by atoms with Crippen LogP contribution >= 0.6 is 23.4 Å². The summed E-state index contributed by atoms with van der Waals surface area (Å²) in [5, 5.41) is 11.2. The van der Waals surface area contributed by atoms with Crippen LogP contribution in [0.3, 0.4) is 0 Å². The number of hydrogen-bond acceptors (Lipinski definition) is 4. The molecular weight excluding hydrogens is 342 g/mol. The Labute approximate surface area is 152 Å². The van der Waals surface area contributed by atoms with Crippen molar-refractivity contribution >= 4 is 23.4 Å². The summed E-state index contributed by atoms with van der Waals surface area (Å²) < 4.78 is 2.35. The van der Waals surface area contributed by atoms with Gasteiger partial charge in [-0.3, -0.25) is 9.80 Å². The van der Waals surface area contributed by atoms with Gasteiger partial charge in [-0.15, -0.1) is 0 Å². The maximum Gasteiger partial charge on any atom is 0.0797 e. The van der Waals surface area contributed by atoms with E-state index in [-0.39, 0.29) is 6.61 Å². The zero-order valence-corrected chi connectivity index (χ0v) is 15.1. The number of halogens is 1. The highest BCUT2D eigenvalue weighted by Gasteiger charge is 2.29. The predicted molar refractivity (Wildman–Crippen MR) is 97.8 cm³/mol. The summed E-state index contributed by atoms with van der Waals surface area (Å²) in [5.74, 6) is 0. The number of aliphatic hydroxyl groups is 1. The van der Waals surface area contributed by atoms with E-state index in [1.165, 1.54) is 15.5 Å². The van der Waals surface area contributed by atoms with Crippen LogP contribution in [0.2, 0.25) is 5.02 Å². The second-order valence-corrected chi connectivity index (χ2v) is 7.90. The van der Waals surface area contributed by atoms with Crippen molar-refractivity contribution in [3.63, 3.8) is 0 Å². The molecular formula is C18H22ClN3OS. The topological polar surface area (TPSA) is 31.6 Å². The predicted octanol–water partition coefficient (Wildman–Crippen LogP) is 2.96. The molecule has 4 nitrogen and oxygen atoms in total. The van der Waals surface area contributed by atoms with Gasteiger partial charge in [-0.1, -0.05) is 23.4 Å². The number of aliphatic hydroxyl groups excluding tert-OH is 1. The minimum absolute atomic E-state index is 0.241. The van der Waals surface area contributed by atoms with E-state index in [9.17, 15) is 0 Å². The van der Waals surface area contributed by atoms with Crippen LogP contribution in [0.15, 0.2) is 46.5 Å². The Balaban J connectivity index is 1.63. The smallest absolute Gasteiger partial charge is 0.0797 e. The fraction of sp³-hybridized carbons (Fsp3) is 0.444. The SMILES string of the molecule is OCCN1CCN([C@@H]2Cn3cccc3Sc3ccc(Cl)cc32)CC1.